The van der Waals surface area contributed by atoms with Gasteiger partial charge in [-0.2, -0.15) is 0 Å². The summed E-state index contributed by atoms with van der Waals surface area (Å²) >= 11 is 2.09. The molecule has 8 rings (SSSR count). The lowest BCUT2D eigenvalue weighted by Gasteiger charge is -2.46. The Morgan fingerprint density at radius 1 is 0.885 bits per heavy atom. The van der Waals surface area contributed by atoms with Crippen LogP contribution in [0.15, 0.2) is 140 Å². The summed E-state index contributed by atoms with van der Waals surface area (Å²) in [7, 11) is 0. The number of hydrogen-bond donors (Lipinski definition) is 1. The Kier molecular flexibility index (Phi) is 11.7. The van der Waals surface area contributed by atoms with Crippen LogP contribution in [0.5, 0.6) is 5.75 Å². The first-order valence-electron chi connectivity index (χ1n) is 19.3. The molecule has 5 aromatic rings. The minimum absolute atomic E-state index is 0.114. The summed E-state index contributed by atoms with van der Waals surface area (Å²) in [5, 5.41) is 21.2. The zero-order valence-corrected chi connectivity index (χ0v) is 34.5. The maximum Gasteiger partial charge on any atom is 0.421 e. The molecule has 0 radical (unpaired) electrons. The van der Waals surface area contributed by atoms with Gasteiger partial charge >= 0.3 is 18.0 Å². The number of nitro benzene ring substituents is 1. The molecule has 14 nitrogen and oxygen atoms in total. The highest BCUT2D eigenvalue weighted by atomic mass is 127. The van der Waals surface area contributed by atoms with Gasteiger partial charge in [-0.3, -0.25) is 29.4 Å². The number of non-ortho nitro benzene ring substituents is 1. The molecule has 61 heavy (non-hydrogen) atoms. The fraction of sp³-hybridized carbons (Fsp3) is 0.217. The molecule has 0 saturated carbocycles. The number of carbonyl (C=O) groups is 4. The number of ether oxygens (including phenoxy) is 4. The van der Waals surface area contributed by atoms with Gasteiger partial charge in [-0.05, 0) is 81.2 Å². The highest BCUT2D eigenvalue weighted by Crippen LogP contribution is 2.66. The molecule has 2 amide bonds. The first kappa shape index (κ1) is 41.3. The number of aliphatic hydroxyl groups is 1. The summed E-state index contributed by atoms with van der Waals surface area (Å²) < 4.78 is 24.8. The minimum Gasteiger partial charge on any atom is -0.491 e. The van der Waals surface area contributed by atoms with E-state index in [1.54, 1.807) is 42.5 Å². The topological polar surface area (TPSA) is 175 Å². The minimum atomic E-state index is -2.10. The van der Waals surface area contributed by atoms with Crippen LogP contribution in [0.1, 0.15) is 46.0 Å². The van der Waals surface area contributed by atoms with Crippen LogP contribution < -0.4 is 9.64 Å². The number of nitrogens with zero attached hydrogens (tertiary/aromatic N) is 3. The van der Waals surface area contributed by atoms with Crippen molar-refractivity contribution in [2.75, 3.05) is 24.7 Å². The van der Waals surface area contributed by atoms with Crippen LogP contribution in [-0.4, -0.2) is 64.7 Å². The van der Waals surface area contributed by atoms with Crippen LogP contribution in [-0.2, 0) is 40.6 Å². The average molecular weight is 936 g/mol. The maximum absolute atomic E-state index is 16.1. The number of morpholine rings is 1. The summed E-state index contributed by atoms with van der Waals surface area (Å²) in [5.74, 6) is -3.94. The van der Waals surface area contributed by atoms with Gasteiger partial charge in [0, 0.05) is 21.3 Å². The first-order chi connectivity index (χ1) is 29.6. The van der Waals surface area contributed by atoms with Crippen LogP contribution >= 0.6 is 22.6 Å². The Balaban J connectivity index is 1.39. The molecule has 310 valence electrons. The van der Waals surface area contributed by atoms with Crippen molar-refractivity contribution in [1.29, 1.82) is 0 Å². The van der Waals surface area contributed by atoms with E-state index in [-0.39, 0.29) is 49.1 Å². The number of imide groups is 1. The number of anilines is 1. The summed E-state index contributed by atoms with van der Waals surface area (Å²) in [6.07, 6.45) is -0.659. The number of hydrogen-bond acceptors (Lipinski definition) is 12. The fourth-order valence-corrected chi connectivity index (χ4v) is 9.43. The molecule has 2 saturated heterocycles. The van der Waals surface area contributed by atoms with E-state index in [4.69, 9.17) is 18.9 Å². The molecule has 3 aliphatic heterocycles. The van der Waals surface area contributed by atoms with Crippen molar-refractivity contribution in [3.05, 3.63) is 182 Å². The van der Waals surface area contributed by atoms with Crippen molar-refractivity contribution >= 4 is 57.9 Å². The van der Waals surface area contributed by atoms with E-state index < -0.39 is 64.4 Å². The van der Waals surface area contributed by atoms with Gasteiger partial charge in [0.2, 0.25) is 5.91 Å². The third-order valence-corrected chi connectivity index (χ3v) is 11.9. The SMILES string of the molecule is C=CCOC(=O)[C@@H]1[C@H]2C(=O)O[C@H](c3ccccc3)[C@H](c3ccccc3)N2[C@H](c2ccccc2OCCO)[C@@]12C(=O)N(C(=O)OCc1ccc([N+](=O)[O-])cc1)c1ccc(I)cc12. The van der Waals surface area contributed by atoms with Crippen LogP contribution in [0, 0.1) is 19.6 Å². The van der Waals surface area contributed by atoms with Crippen LogP contribution in [0.2, 0.25) is 0 Å². The number of halogens is 1. The van der Waals surface area contributed by atoms with E-state index >= 15 is 9.59 Å². The van der Waals surface area contributed by atoms with E-state index in [0.717, 1.165) is 4.90 Å². The lowest BCUT2D eigenvalue weighted by atomic mass is 9.65. The summed E-state index contributed by atoms with van der Waals surface area (Å²) in [5.41, 5.74) is 0.286. The van der Waals surface area contributed by atoms with Crippen LogP contribution in [0.4, 0.5) is 16.2 Å². The van der Waals surface area contributed by atoms with Gasteiger partial charge in [-0.1, -0.05) is 91.5 Å². The van der Waals surface area contributed by atoms with Gasteiger partial charge in [0.25, 0.3) is 5.69 Å². The predicted molar refractivity (Wildman–Crippen MR) is 228 cm³/mol. The number of benzene rings is 5. The van der Waals surface area contributed by atoms with Gasteiger partial charge in [-0.15, -0.1) is 0 Å². The molecule has 0 aromatic heterocycles. The Labute approximate surface area is 363 Å². The van der Waals surface area contributed by atoms with Crippen molar-refractivity contribution in [1.82, 2.24) is 4.90 Å². The lowest BCUT2D eigenvalue weighted by molar-refractivity contribution is -0.384. The number of esters is 2. The molecule has 0 bridgehead atoms. The molecular formula is C46H38IN3O11. The molecular weight excluding hydrogens is 897 g/mol. The number of aliphatic hydroxyl groups excluding tert-OH is 1. The normalized spacial score (nSPS) is 22.9. The van der Waals surface area contributed by atoms with E-state index in [0.29, 0.717) is 25.8 Å². The summed E-state index contributed by atoms with van der Waals surface area (Å²) in [4.78, 5) is 74.0. The zero-order valence-electron chi connectivity index (χ0n) is 32.4. The smallest absolute Gasteiger partial charge is 0.421 e. The van der Waals surface area contributed by atoms with E-state index in [2.05, 4.69) is 29.2 Å². The first-order valence-corrected chi connectivity index (χ1v) is 20.4. The predicted octanol–water partition coefficient (Wildman–Crippen LogP) is 7.30. The molecule has 6 atom stereocenters. The van der Waals surface area contributed by atoms with Gasteiger partial charge in [-0.25, -0.2) is 9.69 Å². The Morgan fingerprint density at radius 3 is 2.23 bits per heavy atom. The molecule has 1 N–H and O–H groups in total. The zero-order chi connectivity index (χ0) is 42.8. The van der Waals surface area contributed by atoms with Crippen molar-refractivity contribution in [2.24, 2.45) is 5.92 Å². The number of fused-ring (bicyclic) bond motifs is 3. The van der Waals surface area contributed by atoms with Crippen molar-refractivity contribution in [3.63, 3.8) is 0 Å². The largest absolute Gasteiger partial charge is 0.491 e. The second-order valence-electron chi connectivity index (χ2n) is 14.6. The van der Waals surface area contributed by atoms with Crippen molar-refractivity contribution in [2.45, 2.75) is 36.3 Å². The monoisotopic (exact) mass is 935 g/mol. The Morgan fingerprint density at radius 2 is 1.56 bits per heavy atom. The number of rotatable bonds is 12. The summed E-state index contributed by atoms with van der Waals surface area (Å²) in [6.45, 7) is 2.65. The van der Waals surface area contributed by atoms with Gasteiger partial charge in [0.15, 0.2) is 0 Å². The molecule has 0 unspecified atom stereocenters. The van der Waals surface area contributed by atoms with E-state index in [1.807, 2.05) is 65.6 Å². The van der Waals surface area contributed by atoms with Gasteiger partial charge in [0.05, 0.1) is 29.3 Å². The second kappa shape index (κ2) is 17.3. The number of para-hydroxylation sites is 1. The standard InChI is InChI=1S/C46H38IN3O11/c1-2-24-59-42(52)37-39-43(53)61-40(30-13-7-4-8-14-30)38(29-11-5-3-6-12-29)49(39)41(33-15-9-10-16-36(33)58-25-23-51)46(37)34-26-31(47)19-22-35(34)48(44(46)54)45(55)60-27-28-17-20-32(21-18-28)50(56)57/h2-22,26,37-41,51H,1,23-25,27H2/t37-,38-,39-,40+,41+,46-/m0/s1. The molecule has 3 heterocycles. The molecule has 0 aliphatic carbocycles. The molecule has 5 aromatic carbocycles. The molecule has 15 heteroatoms. The van der Waals surface area contributed by atoms with Gasteiger partial charge < -0.3 is 24.1 Å². The number of nitro groups is 1. The van der Waals surface area contributed by atoms with Crippen LogP contribution in [0.25, 0.3) is 0 Å². The second-order valence-corrected chi connectivity index (χ2v) is 15.8. The van der Waals surface area contributed by atoms with Crippen molar-refractivity contribution in [3.8, 4) is 5.75 Å². The lowest BCUT2D eigenvalue weighted by Crippen LogP contribution is -2.53. The average Bonchev–Trinajstić information content (AvgIpc) is 3.73. The van der Waals surface area contributed by atoms with E-state index in [9.17, 15) is 24.8 Å². The Hall–Kier alpha value is -6.43. The highest BCUT2D eigenvalue weighted by Gasteiger charge is 2.76. The molecule has 2 fully saturated rings. The van der Waals surface area contributed by atoms with Crippen molar-refractivity contribution < 1.29 is 48.2 Å². The molecule has 3 aliphatic rings. The third kappa shape index (κ3) is 7.21. The highest BCUT2D eigenvalue weighted by molar-refractivity contribution is 14.1. The summed E-state index contributed by atoms with van der Waals surface area (Å²) in [6, 6.07) is 32.2. The number of cyclic esters (lactones) is 1. The van der Waals surface area contributed by atoms with E-state index in [1.165, 1.54) is 30.3 Å². The van der Waals surface area contributed by atoms with Crippen LogP contribution in [0.3, 0.4) is 0 Å². The quantitative estimate of drug-likeness (QED) is 0.0331. The number of amides is 2. The Bertz CT molecular complexity index is 2500. The number of carbonyl (C=O) groups excluding carboxylic acids is 4. The van der Waals surface area contributed by atoms with Gasteiger partial charge in [0.1, 0.15) is 49.0 Å². The maximum atomic E-state index is 16.1. The third-order valence-electron chi connectivity index (χ3n) is 11.3. The molecule has 1 spiro atoms. The fourth-order valence-electron chi connectivity index (χ4n) is 8.94.